The summed E-state index contributed by atoms with van der Waals surface area (Å²) < 4.78 is 6.60. The Labute approximate surface area is 100 Å². The second-order valence-corrected chi connectivity index (χ2v) is 4.64. The van der Waals surface area contributed by atoms with Gasteiger partial charge in [-0.15, -0.1) is 11.3 Å². The summed E-state index contributed by atoms with van der Waals surface area (Å²) in [4.78, 5) is 0. The van der Waals surface area contributed by atoms with Crippen molar-refractivity contribution >= 4 is 21.4 Å². The lowest BCUT2D eigenvalue weighted by atomic mass is 10.1. The average molecular weight is 235 g/mol. The van der Waals surface area contributed by atoms with Gasteiger partial charge in [0.25, 0.3) is 0 Å². The molecular weight excluding hydrogens is 218 g/mol. The molecule has 0 bridgehead atoms. The minimum Gasteiger partial charge on any atom is -0.497 e. The van der Waals surface area contributed by atoms with E-state index in [1.165, 1.54) is 15.6 Å². The fourth-order valence-corrected chi connectivity index (χ4v) is 2.76. The van der Waals surface area contributed by atoms with E-state index in [2.05, 4.69) is 29.8 Å². The zero-order valence-corrected chi connectivity index (χ0v) is 10.6. The number of benzene rings is 1. The molecule has 0 saturated carbocycles. The zero-order chi connectivity index (χ0) is 11.4. The molecule has 0 fully saturated rings. The first-order valence-electron chi connectivity index (χ1n) is 5.60. The number of rotatable bonds is 5. The second-order valence-electron chi connectivity index (χ2n) is 3.73. The van der Waals surface area contributed by atoms with Crippen LogP contribution in [0.2, 0.25) is 0 Å². The van der Waals surface area contributed by atoms with Gasteiger partial charge in [-0.3, -0.25) is 0 Å². The topological polar surface area (TPSA) is 21.3 Å². The maximum atomic E-state index is 5.26. The van der Waals surface area contributed by atoms with Crippen LogP contribution in [0, 0.1) is 0 Å². The molecule has 0 unspecified atom stereocenters. The van der Waals surface area contributed by atoms with Gasteiger partial charge in [0.1, 0.15) is 5.75 Å². The van der Waals surface area contributed by atoms with Crippen molar-refractivity contribution in [1.29, 1.82) is 0 Å². The Morgan fingerprint density at radius 2 is 2.25 bits per heavy atom. The Kier molecular flexibility index (Phi) is 3.80. The molecule has 86 valence electrons. The third kappa shape index (κ3) is 2.36. The van der Waals surface area contributed by atoms with E-state index >= 15 is 0 Å². The maximum absolute atomic E-state index is 5.26. The minimum atomic E-state index is 0.940. The molecule has 0 aliphatic carbocycles. The third-order valence-corrected chi connectivity index (χ3v) is 3.69. The zero-order valence-electron chi connectivity index (χ0n) is 9.75. The monoisotopic (exact) mass is 235 g/mol. The molecule has 1 N–H and O–H groups in total. The predicted molar refractivity (Wildman–Crippen MR) is 70.6 cm³/mol. The Bertz CT molecular complexity index is 464. The first-order chi connectivity index (χ1) is 7.85. The fraction of sp³-hybridized carbons (Fsp3) is 0.385. The molecule has 1 aromatic heterocycles. The van der Waals surface area contributed by atoms with Gasteiger partial charge in [-0.25, -0.2) is 0 Å². The molecule has 0 atom stereocenters. The summed E-state index contributed by atoms with van der Waals surface area (Å²) in [6, 6.07) is 6.29. The Morgan fingerprint density at radius 1 is 1.38 bits per heavy atom. The summed E-state index contributed by atoms with van der Waals surface area (Å²) >= 11 is 1.81. The first-order valence-corrected chi connectivity index (χ1v) is 6.48. The van der Waals surface area contributed by atoms with Crippen LogP contribution in [0.25, 0.3) is 10.1 Å². The SMILES string of the molecule is CCNCCc1csc2ccc(OC)cc12. The van der Waals surface area contributed by atoms with Crippen LogP contribution in [0.1, 0.15) is 12.5 Å². The Morgan fingerprint density at radius 3 is 3.00 bits per heavy atom. The maximum Gasteiger partial charge on any atom is 0.119 e. The van der Waals surface area contributed by atoms with Crippen LogP contribution < -0.4 is 10.1 Å². The molecule has 0 radical (unpaired) electrons. The van der Waals surface area contributed by atoms with Gasteiger partial charge in [-0.1, -0.05) is 6.92 Å². The van der Waals surface area contributed by atoms with E-state index in [-0.39, 0.29) is 0 Å². The molecule has 1 aromatic carbocycles. The molecule has 2 nitrogen and oxygen atoms in total. The average Bonchev–Trinajstić information content (AvgIpc) is 2.72. The summed E-state index contributed by atoms with van der Waals surface area (Å²) in [5, 5.41) is 6.94. The predicted octanol–water partition coefficient (Wildman–Crippen LogP) is 3.06. The van der Waals surface area contributed by atoms with Crippen LogP contribution in [-0.4, -0.2) is 20.2 Å². The van der Waals surface area contributed by atoms with Crippen molar-refractivity contribution in [3.8, 4) is 5.75 Å². The molecule has 1 heterocycles. The van der Waals surface area contributed by atoms with E-state index in [9.17, 15) is 0 Å². The van der Waals surface area contributed by atoms with Crippen molar-refractivity contribution in [2.45, 2.75) is 13.3 Å². The van der Waals surface area contributed by atoms with Crippen LogP contribution in [0.4, 0.5) is 0 Å². The van der Waals surface area contributed by atoms with E-state index in [0.29, 0.717) is 0 Å². The van der Waals surface area contributed by atoms with Gasteiger partial charge in [0.05, 0.1) is 7.11 Å². The number of nitrogens with one attached hydrogen (secondary N) is 1. The highest BCUT2D eigenvalue weighted by molar-refractivity contribution is 7.17. The molecule has 0 aliphatic heterocycles. The molecule has 0 amide bonds. The van der Waals surface area contributed by atoms with Crippen LogP contribution in [0.3, 0.4) is 0 Å². The molecule has 16 heavy (non-hydrogen) atoms. The van der Waals surface area contributed by atoms with E-state index < -0.39 is 0 Å². The lowest BCUT2D eigenvalue weighted by Gasteiger charge is -2.02. The number of hydrogen-bond acceptors (Lipinski definition) is 3. The van der Waals surface area contributed by atoms with Crippen molar-refractivity contribution in [2.75, 3.05) is 20.2 Å². The van der Waals surface area contributed by atoms with E-state index in [0.717, 1.165) is 25.3 Å². The molecule has 3 heteroatoms. The van der Waals surface area contributed by atoms with Gasteiger partial charge in [0, 0.05) is 4.70 Å². The largest absolute Gasteiger partial charge is 0.497 e. The highest BCUT2D eigenvalue weighted by Crippen LogP contribution is 2.29. The molecular formula is C13H17NOS. The standard InChI is InChI=1S/C13H17NOS/c1-3-14-7-6-10-9-16-13-5-4-11(15-2)8-12(10)13/h4-5,8-9,14H,3,6-7H2,1-2H3. The molecule has 2 aromatic rings. The van der Waals surface area contributed by atoms with E-state index in [1.807, 2.05) is 17.4 Å². The lowest BCUT2D eigenvalue weighted by molar-refractivity contribution is 0.415. The van der Waals surface area contributed by atoms with Crippen molar-refractivity contribution in [2.24, 2.45) is 0 Å². The quantitative estimate of drug-likeness (QED) is 0.804. The first kappa shape index (κ1) is 11.4. The van der Waals surface area contributed by atoms with Gasteiger partial charge in [0.2, 0.25) is 0 Å². The molecule has 2 rings (SSSR count). The van der Waals surface area contributed by atoms with Gasteiger partial charge in [-0.05, 0) is 54.0 Å². The minimum absolute atomic E-state index is 0.940. The van der Waals surface area contributed by atoms with Crippen molar-refractivity contribution < 1.29 is 4.74 Å². The van der Waals surface area contributed by atoms with Gasteiger partial charge in [-0.2, -0.15) is 0 Å². The highest BCUT2D eigenvalue weighted by Gasteiger charge is 2.04. The number of ether oxygens (including phenoxy) is 1. The lowest BCUT2D eigenvalue weighted by Crippen LogP contribution is -2.15. The van der Waals surface area contributed by atoms with E-state index in [1.54, 1.807) is 7.11 Å². The van der Waals surface area contributed by atoms with Crippen molar-refractivity contribution in [3.05, 3.63) is 29.1 Å². The van der Waals surface area contributed by atoms with Crippen LogP contribution in [-0.2, 0) is 6.42 Å². The number of thiophene rings is 1. The van der Waals surface area contributed by atoms with Crippen LogP contribution in [0.15, 0.2) is 23.6 Å². The number of likely N-dealkylation sites (N-methyl/N-ethyl adjacent to an activating group) is 1. The Hall–Kier alpha value is -1.06. The van der Waals surface area contributed by atoms with Crippen LogP contribution in [0.5, 0.6) is 5.75 Å². The van der Waals surface area contributed by atoms with Crippen molar-refractivity contribution in [1.82, 2.24) is 5.32 Å². The second kappa shape index (κ2) is 5.32. The highest BCUT2D eigenvalue weighted by atomic mass is 32.1. The number of hydrogen-bond donors (Lipinski definition) is 1. The molecule has 0 spiro atoms. The molecule has 0 saturated heterocycles. The van der Waals surface area contributed by atoms with Gasteiger partial charge < -0.3 is 10.1 Å². The summed E-state index contributed by atoms with van der Waals surface area (Å²) in [5.74, 6) is 0.940. The number of fused-ring (bicyclic) bond motifs is 1. The Balaban J connectivity index is 2.24. The molecule has 0 aliphatic rings. The summed E-state index contributed by atoms with van der Waals surface area (Å²) in [6.07, 6.45) is 1.08. The smallest absolute Gasteiger partial charge is 0.119 e. The van der Waals surface area contributed by atoms with E-state index in [4.69, 9.17) is 4.74 Å². The fourth-order valence-electron chi connectivity index (χ4n) is 1.78. The summed E-state index contributed by atoms with van der Waals surface area (Å²) in [7, 11) is 1.71. The van der Waals surface area contributed by atoms with Crippen LogP contribution >= 0.6 is 11.3 Å². The third-order valence-electron chi connectivity index (χ3n) is 2.68. The van der Waals surface area contributed by atoms with Gasteiger partial charge in [0.15, 0.2) is 0 Å². The van der Waals surface area contributed by atoms with Gasteiger partial charge >= 0.3 is 0 Å². The normalized spacial score (nSPS) is 10.9. The van der Waals surface area contributed by atoms with Crippen molar-refractivity contribution in [3.63, 3.8) is 0 Å². The number of methoxy groups -OCH3 is 1. The summed E-state index contributed by atoms with van der Waals surface area (Å²) in [5.41, 5.74) is 1.42. The summed E-state index contributed by atoms with van der Waals surface area (Å²) in [6.45, 7) is 4.21.